The van der Waals surface area contributed by atoms with E-state index in [2.05, 4.69) is 20.4 Å². The van der Waals surface area contributed by atoms with E-state index in [1.165, 1.54) is 0 Å². The number of hydrogen-bond acceptors (Lipinski definition) is 6. The van der Waals surface area contributed by atoms with Gasteiger partial charge >= 0.3 is 0 Å². The molecule has 0 atom stereocenters. The molecule has 0 saturated carbocycles. The number of aromatic nitrogens is 1. The van der Waals surface area contributed by atoms with E-state index in [4.69, 9.17) is 4.98 Å². The van der Waals surface area contributed by atoms with Crippen LogP contribution < -0.4 is 10.0 Å². The Kier molecular flexibility index (Phi) is 6.81. The quantitative estimate of drug-likeness (QED) is 0.220. The molecule has 0 spiro atoms. The van der Waals surface area contributed by atoms with Crippen molar-refractivity contribution in [3.05, 3.63) is 66.7 Å². The maximum Gasteiger partial charge on any atom is 0.229 e. The Labute approximate surface area is 192 Å². The van der Waals surface area contributed by atoms with Crippen LogP contribution in [0, 0.1) is 0 Å². The Balaban J connectivity index is 0.00000289. The second kappa shape index (κ2) is 9.37. The molecule has 0 aliphatic heterocycles. The smallest absolute Gasteiger partial charge is 0.229 e. The van der Waals surface area contributed by atoms with Gasteiger partial charge in [-0.2, -0.15) is 0 Å². The van der Waals surface area contributed by atoms with Crippen LogP contribution in [0.2, 0.25) is 0 Å². The molecule has 0 amide bonds. The minimum atomic E-state index is -3.32. The molecule has 166 valence electrons. The molecule has 4 rings (SSSR count). The van der Waals surface area contributed by atoms with Crippen molar-refractivity contribution in [2.24, 2.45) is 10.3 Å². The monoisotopic (exact) mass is 470 g/mol. The first-order valence-electron chi connectivity index (χ1n) is 9.55. The lowest BCUT2D eigenvalue weighted by Gasteiger charge is -2.14. The third kappa shape index (κ3) is 5.43. The van der Waals surface area contributed by atoms with E-state index >= 15 is 0 Å². The van der Waals surface area contributed by atoms with E-state index < -0.39 is 10.0 Å². The molecule has 3 aromatic carbocycles. The molecule has 4 aromatic rings. The van der Waals surface area contributed by atoms with Crippen molar-refractivity contribution in [1.82, 2.24) is 9.99 Å². The number of anilines is 3. The number of benzene rings is 3. The summed E-state index contributed by atoms with van der Waals surface area (Å²) in [4.78, 5) is 4.79. The van der Waals surface area contributed by atoms with Crippen LogP contribution in [0.4, 0.5) is 22.7 Å². The van der Waals surface area contributed by atoms with Gasteiger partial charge in [0.1, 0.15) is 0 Å². The maximum absolute atomic E-state index is 11.4. The summed E-state index contributed by atoms with van der Waals surface area (Å²) in [6.45, 7) is 0. The molecule has 0 saturated heterocycles. The largest absolute Gasteiger partial charge is 0.354 e. The standard InChI is InChI=1S/C22H22N6O2S.ClH/c1-28(2)27-25-17-12-13-19-21(14-17)24-20-7-5-4-6-18(20)22(19)23-15-8-10-16(11-9-15)26-31(3,29)30;/h4-14,26H,1-3H3,(H,23,24);1H. The minimum Gasteiger partial charge on any atom is -0.354 e. The molecule has 1 heterocycles. The van der Waals surface area contributed by atoms with Crippen molar-refractivity contribution in [3.8, 4) is 0 Å². The Morgan fingerprint density at radius 1 is 0.875 bits per heavy atom. The van der Waals surface area contributed by atoms with E-state index in [0.717, 1.165) is 39.4 Å². The summed E-state index contributed by atoms with van der Waals surface area (Å²) in [5.74, 6) is 0. The number of sulfonamides is 1. The molecule has 8 nitrogen and oxygen atoms in total. The van der Waals surface area contributed by atoms with Crippen LogP contribution in [0.1, 0.15) is 0 Å². The SMILES string of the molecule is CN(C)N=Nc1ccc2c(Nc3ccc(NS(C)(=O)=O)cc3)c3ccccc3nc2c1.Cl. The van der Waals surface area contributed by atoms with Crippen LogP contribution in [0.3, 0.4) is 0 Å². The second-order valence-corrected chi connectivity index (χ2v) is 9.07. The van der Waals surface area contributed by atoms with Crippen molar-refractivity contribution in [1.29, 1.82) is 0 Å². The van der Waals surface area contributed by atoms with Gasteiger partial charge in [-0.25, -0.2) is 13.4 Å². The molecular weight excluding hydrogens is 448 g/mol. The lowest BCUT2D eigenvalue weighted by atomic mass is 10.1. The highest BCUT2D eigenvalue weighted by Crippen LogP contribution is 2.35. The number of hydrogen-bond donors (Lipinski definition) is 2. The van der Waals surface area contributed by atoms with Crippen LogP contribution in [-0.2, 0) is 10.0 Å². The zero-order valence-corrected chi connectivity index (χ0v) is 19.4. The first-order chi connectivity index (χ1) is 14.8. The molecule has 32 heavy (non-hydrogen) atoms. The fraction of sp³-hybridized carbons (Fsp3) is 0.136. The second-order valence-electron chi connectivity index (χ2n) is 7.32. The number of rotatable bonds is 6. The van der Waals surface area contributed by atoms with Crippen molar-refractivity contribution in [2.75, 3.05) is 30.4 Å². The molecule has 0 fully saturated rings. The first kappa shape index (κ1) is 23.2. The summed E-state index contributed by atoms with van der Waals surface area (Å²) in [5.41, 5.74) is 4.62. The fourth-order valence-corrected chi connectivity index (χ4v) is 3.76. The third-order valence-electron chi connectivity index (χ3n) is 4.46. The Morgan fingerprint density at radius 3 is 2.22 bits per heavy atom. The lowest BCUT2D eigenvalue weighted by Crippen LogP contribution is -2.09. The first-order valence-corrected chi connectivity index (χ1v) is 11.4. The van der Waals surface area contributed by atoms with Crippen molar-refractivity contribution < 1.29 is 8.42 Å². The highest BCUT2D eigenvalue weighted by molar-refractivity contribution is 7.92. The van der Waals surface area contributed by atoms with Crippen LogP contribution in [0.25, 0.3) is 21.8 Å². The number of halogens is 1. The van der Waals surface area contributed by atoms with Crippen molar-refractivity contribution in [2.45, 2.75) is 0 Å². The van der Waals surface area contributed by atoms with Crippen LogP contribution in [-0.4, -0.2) is 38.8 Å². The molecule has 1 aromatic heterocycles. The Bertz CT molecular complexity index is 1390. The lowest BCUT2D eigenvalue weighted by molar-refractivity contribution is 0.408. The summed E-state index contributed by atoms with van der Waals surface area (Å²) in [6, 6.07) is 20.8. The van der Waals surface area contributed by atoms with Gasteiger partial charge in [-0.3, -0.25) is 9.73 Å². The summed E-state index contributed by atoms with van der Waals surface area (Å²) in [7, 11) is 0.310. The molecule has 10 heteroatoms. The predicted octanol–water partition coefficient (Wildman–Crippen LogP) is 5.49. The zero-order valence-electron chi connectivity index (χ0n) is 17.8. The van der Waals surface area contributed by atoms with Gasteiger partial charge in [-0.15, -0.1) is 17.5 Å². The molecular formula is C22H23ClN6O2S. The van der Waals surface area contributed by atoms with Crippen molar-refractivity contribution in [3.63, 3.8) is 0 Å². The maximum atomic E-state index is 11.4. The number of fused-ring (bicyclic) bond motifs is 2. The van der Waals surface area contributed by atoms with Crippen LogP contribution >= 0.6 is 12.4 Å². The number of nitrogens with one attached hydrogen (secondary N) is 2. The molecule has 2 N–H and O–H groups in total. The molecule has 0 unspecified atom stereocenters. The van der Waals surface area contributed by atoms with E-state index in [1.54, 1.807) is 17.1 Å². The summed E-state index contributed by atoms with van der Waals surface area (Å²) in [5, 5.41) is 15.3. The highest BCUT2D eigenvalue weighted by atomic mass is 35.5. The summed E-state index contributed by atoms with van der Waals surface area (Å²) < 4.78 is 25.3. The average molecular weight is 471 g/mol. The van der Waals surface area contributed by atoms with Gasteiger partial charge in [0.05, 0.1) is 28.7 Å². The Hall–Kier alpha value is -3.43. The van der Waals surface area contributed by atoms with Gasteiger partial charge < -0.3 is 5.32 Å². The van der Waals surface area contributed by atoms with Gasteiger partial charge in [-0.1, -0.05) is 23.4 Å². The van der Waals surface area contributed by atoms with E-state index in [0.29, 0.717) is 11.4 Å². The molecule has 0 aliphatic rings. The molecule has 0 bridgehead atoms. The summed E-state index contributed by atoms with van der Waals surface area (Å²) >= 11 is 0. The van der Waals surface area contributed by atoms with Gasteiger partial charge in [0, 0.05) is 36.2 Å². The van der Waals surface area contributed by atoms with Gasteiger partial charge in [0.25, 0.3) is 0 Å². The average Bonchev–Trinajstić information content (AvgIpc) is 2.72. The molecule has 0 radical (unpaired) electrons. The van der Waals surface area contributed by atoms with Crippen molar-refractivity contribution >= 4 is 67.0 Å². The summed E-state index contributed by atoms with van der Waals surface area (Å²) in [6.07, 6.45) is 1.13. The van der Waals surface area contributed by atoms with E-state index in [-0.39, 0.29) is 12.4 Å². The fourth-order valence-electron chi connectivity index (χ4n) is 3.20. The topological polar surface area (TPSA) is 99.0 Å². The van der Waals surface area contributed by atoms with Crippen LogP contribution in [0.5, 0.6) is 0 Å². The van der Waals surface area contributed by atoms with Gasteiger partial charge in [0.15, 0.2) is 0 Å². The normalized spacial score (nSPS) is 11.5. The van der Waals surface area contributed by atoms with Gasteiger partial charge in [-0.05, 0) is 48.5 Å². The molecule has 0 aliphatic carbocycles. The minimum absolute atomic E-state index is 0. The van der Waals surface area contributed by atoms with E-state index in [1.807, 2.05) is 68.7 Å². The zero-order chi connectivity index (χ0) is 22.0. The van der Waals surface area contributed by atoms with Gasteiger partial charge in [0.2, 0.25) is 10.0 Å². The predicted molar refractivity (Wildman–Crippen MR) is 133 cm³/mol. The van der Waals surface area contributed by atoms with Crippen LogP contribution in [0.15, 0.2) is 77.1 Å². The number of nitrogens with zero attached hydrogens (tertiary/aromatic N) is 4. The number of pyridine rings is 1. The number of para-hydroxylation sites is 1. The third-order valence-corrected chi connectivity index (χ3v) is 5.07. The highest BCUT2D eigenvalue weighted by Gasteiger charge is 2.11. The Morgan fingerprint density at radius 2 is 1.53 bits per heavy atom. The van der Waals surface area contributed by atoms with E-state index in [9.17, 15) is 8.42 Å².